The zero-order valence-electron chi connectivity index (χ0n) is 11.5. The zero-order chi connectivity index (χ0) is 14.3. The molecular formula is C14H24O6. The van der Waals surface area contributed by atoms with Crippen molar-refractivity contribution in [2.45, 2.75) is 68.7 Å². The molecule has 2 saturated heterocycles. The molecule has 1 saturated carbocycles. The van der Waals surface area contributed by atoms with Crippen molar-refractivity contribution in [1.82, 2.24) is 0 Å². The Balaban J connectivity index is 1.72. The average molecular weight is 288 g/mol. The van der Waals surface area contributed by atoms with Crippen LogP contribution in [-0.4, -0.2) is 70.3 Å². The molecule has 2 unspecified atom stereocenters. The van der Waals surface area contributed by atoms with E-state index >= 15 is 0 Å². The van der Waals surface area contributed by atoms with Crippen molar-refractivity contribution in [1.29, 1.82) is 0 Å². The standard InChI is InChI=1S/C14H24O6/c15-6-10-8(17)4-12(19-10)14(2-1-3-14)13-5-9(18)11(7-16)20-13/h8-13,15-18H,1-7H2/t8-,9-,10+,11+,12?,13?/m0/s1. The Kier molecular flexibility index (Phi) is 4.05. The van der Waals surface area contributed by atoms with Crippen molar-refractivity contribution in [2.75, 3.05) is 13.2 Å². The van der Waals surface area contributed by atoms with Gasteiger partial charge in [-0.2, -0.15) is 0 Å². The van der Waals surface area contributed by atoms with E-state index < -0.39 is 24.4 Å². The van der Waals surface area contributed by atoms with E-state index in [0.717, 1.165) is 19.3 Å². The summed E-state index contributed by atoms with van der Waals surface area (Å²) in [6.07, 6.45) is 1.39. The zero-order valence-corrected chi connectivity index (χ0v) is 11.5. The molecule has 0 aromatic heterocycles. The highest BCUT2D eigenvalue weighted by Gasteiger charge is 2.57. The average Bonchev–Trinajstić information content (AvgIpc) is 2.92. The summed E-state index contributed by atoms with van der Waals surface area (Å²) in [4.78, 5) is 0. The minimum absolute atomic E-state index is 0.141. The first-order valence-electron chi connectivity index (χ1n) is 7.49. The van der Waals surface area contributed by atoms with Crippen molar-refractivity contribution < 1.29 is 29.9 Å². The van der Waals surface area contributed by atoms with Crippen LogP contribution in [0.4, 0.5) is 0 Å². The SMILES string of the molecule is OC[C@H]1OC(C2(C3C[C@H](O)[C@@H](CO)O3)CCC2)C[C@@H]1O. The van der Waals surface area contributed by atoms with Gasteiger partial charge in [0.15, 0.2) is 0 Å². The normalized spacial score (nSPS) is 47.4. The lowest BCUT2D eigenvalue weighted by Crippen LogP contribution is -2.50. The predicted octanol–water partition coefficient (Wildman–Crippen LogP) is -0.822. The molecule has 6 atom stereocenters. The highest BCUT2D eigenvalue weighted by atomic mass is 16.5. The monoisotopic (exact) mass is 288 g/mol. The summed E-state index contributed by atoms with van der Waals surface area (Å²) in [6.45, 7) is -0.359. The van der Waals surface area contributed by atoms with E-state index in [-0.39, 0.29) is 30.8 Å². The molecule has 4 N–H and O–H groups in total. The largest absolute Gasteiger partial charge is 0.394 e. The summed E-state index contributed by atoms with van der Waals surface area (Å²) in [5.41, 5.74) is -0.185. The van der Waals surface area contributed by atoms with E-state index in [0.29, 0.717) is 12.8 Å². The number of rotatable bonds is 4. The van der Waals surface area contributed by atoms with Crippen LogP contribution >= 0.6 is 0 Å². The number of hydrogen-bond acceptors (Lipinski definition) is 6. The second-order valence-electron chi connectivity index (χ2n) is 6.38. The van der Waals surface area contributed by atoms with Gasteiger partial charge in [-0.05, 0) is 12.8 Å². The molecule has 2 heterocycles. The van der Waals surface area contributed by atoms with Gasteiger partial charge in [0.25, 0.3) is 0 Å². The van der Waals surface area contributed by atoms with Crippen LogP contribution in [-0.2, 0) is 9.47 Å². The van der Waals surface area contributed by atoms with Gasteiger partial charge in [-0.1, -0.05) is 6.42 Å². The topological polar surface area (TPSA) is 99.4 Å². The fraction of sp³-hybridized carbons (Fsp3) is 1.00. The summed E-state index contributed by atoms with van der Waals surface area (Å²) in [7, 11) is 0. The van der Waals surface area contributed by atoms with Crippen LogP contribution in [0.1, 0.15) is 32.1 Å². The Morgan fingerprint density at radius 1 is 0.850 bits per heavy atom. The second-order valence-corrected chi connectivity index (χ2v) is 6.38. The van der Waals surface area contributed by atoms with Crippen LogP contribution < -0.4 is 0 Å². The van der Waals surface area contributed by atoms with Gasteiger partial charge in [-0.15, -0.1) is 0 Å². The lowest BCUT2D eigenvalue weighted by atomic mass is 9.60. The van der Waals surface area contributed by atoms with Crippen LogP contribution in [0.2, 0.25) is 0 Å². The highest BCUT2D eigenvalue weighted by Crippen LogP contribution is 2.55. The van der Waals surface area contributed by atoms with Crippen molar-refractivity contribution in [3.8, 4) is 0 Å². The summed E-state index contributed by atoms with van der Waals surface area (Å²) in [5, 5.41) is 38.3. The van der Waals surface area contributed by atoms with Crippen LogP contribution in [0, 0.1) is 5.41 Å². The Morgan fingerprint density at radius 3 is 1.55 bits per heavy atom. The summed E-state index contributed by atoms with van der Waals surface area (Å²) < 4.78 is 11.6. The number of aliphatic hydroxyl groups excluding tert-OH is 4. The van der Waals surface area contributed by atoms with Crippen LogP contribution in [0.15, 0.2) is 0 Å². The molecule has 0 radical (unpaired) electrons. The maximum Gasteiger partial charge on any atom is 0.107 e. The van der Waals surface area contributed by atoms with Gasteiger partial charge in [-0.25, -0.2) is 0 Å². The molecule has 0 amide bonds. The number of aliphatic hydroxyl groups is 4. The fourth-order valence-electron chi connectivity index (χ4n) is 3.96. The first-order valence-corrected chi connectivity index (χ1v) is 7.49. The van der Waals surface area contributed by atoms with E-state index in [9.17, 15) is 20.4 Å². The van der Waals surface area contributed by atoms with Crippen LogP contribution in [0.3, 0.4) is 0 Å². The number of hydrogen-bond donors (Lipinski definition) is 4. The van der Waals surface area contributed by atoms with Gasteiger partial charge in [-0.3, -0.25) is 0 Å². The molecule has 0 spiro atoms. The van der Waals surface area contributed by atoms with Crippen LogP contribution in [0.25, 0.3) is 0 Å². The van der Waals surface area contributed by atoms with Gasteiger partial charge in [0.1, 0.15) is 12.2 Å². The minimum Gasteiger partial charge on any atom is -0.394 e. The first kappa shape index (κ1) is 14.7. The lowest BCUT2D eigenvalue weighted by Gasteiger charge is -2.49. The summed E-state index contributed by atoms with van der Waals surface area (Å²) in [6, 6.07) is 0. The Morgan fingerprint density at radius 2 is 1.30 bits per heavy atom. The third-order valence-electron chi connectivity index (χ3n) is 5.37. The molecule has 2 aliphatic heterocycles. The molecule has 0 bridgehead atoms. The minimum atomic E-state index is -0.637. The first-order chi connectivity index (χ1) is 9.60. The van der Waals surface area contributed by atoms with E-state index in [2.05, 4.69) is 0 Å². The van der Waals surface area contributed by atoms with Crippen molar-refractivity contribution in [3.63, 3.8) is 0 Å². The fourth-order valence-corrected chi connectivity index (χ4v) is 3.96. The predicted molar refractivity (Wildman–Crippen MR) is 69.0 cm³/mol. The number of ether oxygens (including phenoxy) is 2. The summed E-state index contributed by atoms with van der Waals surface area (Å²) in [5.74, 6) is 0. The molecule has 20 heavy (non-hydrogen) atoms. The molecular weight excluding hydrogens is 264 g/mol. The Hall–Kier alpha value is -0.240. The third kappa shape index (κ3) is 2.19. The molecule has 116 valence electrons. The Bertz CT molecular complexity index is 317. The molecule has 3 fully saturated rings. The molecule has 0 aromatic carbocycles. The van der Waals surface area contributed by atoms with Gasteiger partial charge in [0.05, 0.1) is 37.6 Å². The van der Waals surface area contributed by atoms with E-state index in [4.69, 9.17) is 9.47 Å². The lowest BCUT2D eigenvalue weighted by molar-refractivity contribution is -0.162. The molecule has 0 aromatic rings. The molecule has 3 aliphatic rings. The van der Waals surface area contributed by atoms with E-state index in [1.165, 1.54) is 0 Å². The van der Waals surface area contributed by atoms with Gasteiger partial charge in [0, 0.05) is 18.3 Å². The van der Waals surface area contributed by atoms with Crippen LogP contribution in [0.5, 0.6) is 0 Å². The molecule has 6 heteroatoms. The smallest absolute Gasteiger partial charge is 0.107 e. The van der Waals surface area contributed by atoms with Gasteiger partial charge in [0.2, 0.25) is 0 Å². The van der Waals surface area contributed by atoms with Crippen molar-refractivity contribution in [3.05, 3.63) is 0 Å². The van der Waals surface area contributed by atoms with E-state index in [1.807, 2.05) is 0 Å². The quantitative estimate of drug-likeness (QED) is 0.539. The molecule has 1 aliphatic carbocycles. The third-order valence-corrected chi connectivity index (χ3v) is 5.37. The maximum atomic E-state index is 9.92. The highest BCUT2D eigenvalue weighted by molar-refractivity contribution is 5.06. The van der Waals surface area contributed by atoms with Gasteiger partial charge < -0.3 is 29.9 Å². The van der Waals surface area contributed by atoms with Crippen molar-refractivity contribution >= 4 is 0 Å². The summed E-state index contributed by atoms with van der Waals surface area (Å²) >= 11 is 0. The molecule has 6 nitrogen and oxygen atoms in total. The maximum absolute atomic E-state index is 9.92. The van der Waals surface area contributed by atoms with Crippen molar-refractivity contribution in [2.24, 2.45) is 5.41 Å². The molecule has 3 rings (SSSR count). The Labute approximate surface area is 118 Å². The second kappa shape index (κ2) is 5.51. The van der Waals surface area contributed by atoms with E-state index in [1.54, 1.807) is 0 Å². The van der Waals surface area contributed by atoms with Gasteiger partial charge >= 0.3 is 0 Å².